The summed E-state index contributed by atoms with van der Waals surface area (Å²) < 4.78 is 6.72. The van der Waals surface area contributed by atoms with Gasteiger partial charge in [0.1, 0.15) is 0 Å². The zero-order valence-corrected chi connectivity index (χ0v) is 15.0. The van der Waals surface area contributed by atoms with Gasteiger partial charge in [-0.25, -0.2) is 0 Å². The number of aromatic nitrogens is 2. The standard InChI is InChI=1S/C20H16N2O2S/c1-11-4-5-12(2)18-16(11)10-17(25-18)20-21-19(22-24-20)15-8-6-14(7-9-15)13(3)23/h4-10H,1-3H3. The molecule has 5 heteroatoms. The fourth-order valence-corrected chi connectivity index (χ4v) is 3.92. The Morgan fingerprint density at radius 2 is 1.76 bits per heavy atom. The molecule has 0 N–H and O–H groups in total. The van der Waals surface area contributed by atoms with Crippen LogP contribution >= 0.6 is 11.3 Å². The number of hydrogen-bond donors (Lipinski definition) is 0. The Morgan fingerprint density at radius 3 is 2.44 bits per heavy atom. The molecule has 2 aromatic carbocycles. The van der Waals surface area contributed by atoms with Gasteiger partial charge >= 0.3 is 0 Å². The lowest BCUT2D eigenvalue weighted by molar-refractivity contribution is 0.101. The molecule has 4 nitrogen and oxygen atoms in total. The molecule has 0 bridgehead atoms. The molecule has 0 saturated carbocycles. The number of Topliss-reactive ketones (excluding diaryl/α,β-unsaturated/α-hetero) is 1. The van der Waals surface area contributed by atoms with Gasteiger partial charge in [-0.3, -0.25) is 4.79 Å². The number of fused-ring (bicyclic) bond motifs is 1. The Balaban J connectivity index is 1.73. The first kappa shape index (κ1) is 15.7. The van der Waals surface area contributed by atoms with E-state index in [9.17, 15) is 4.79 Å². The highest BCUT2D eigenvalue weighted by Gasteiger charge is 2.15. The van der Waals surface area contributed by atoms with Crippen LogP contribution in [0.1, 0.15) is 28.4 Å². The van der Waals surface area contributed by atoms with E-state index in [4.69, 9.17) is 4.52 Å². The van der Waals surface area contributed by atoms with Gasteiger partial charge in [0.2, 0.25) is 5.82 Å². The fraction of sp³-hybridized carbons (Fsp3) is 0.150. The molecule has 0 atom stereocenters. The van der Waals surface area contributed by atoms with E-state index in [0.717, 1.165) is 10.4 Å². The predicted octanol–water partition coefficient (Wildman–Crippen LogP) is 5.44. The number of aryl methyl sites for hydroxylation is 2. The average Bonchev–Trinajstić information content (AvgIpc) is 3.26. The lowest BCUT2D eigenvalue weighted by atomic mass is 10.1. The minimum Gasteiger partial charge on any atom is -0.333 e. The molecule has 0 aliphatic rings. The van der Waals surface area contributed by atoms with Crippen molar-refractivity contribution in [2.24, 2.45) is 0 Å². The fourth-order valence-electron chi connectivity index (χ4n) is 2.79. The molecular weight excluding hydrogens is 332 g/mol. The summed E-state index contributed by atoms with van der Waals surface area (Å²) in [6.07, 6.45) is 0. The Bertz CT molecular complexity index is 1050. The van der Waals surface area contributed by atoms with Crippen LogP contribution in [-0.2, 0) is 0 Å². The highest BCUT2D eigenvalue weighted by molar-refractivity contribution is 7.22. The molecule has 124 valence electrons. The van der Waals surface area contributed by atoms with Crippen LogP contribution in [0.4, 0.5) is 0 Å². The maximum absolute atomic E-state index is 11.4. The number of carbonyl (C=O) groups is 1. The maximum Gasteiger partial charge on any atom is 0.268 e. The van der Waals surface area contributed by atoms with E-state index in [0.29, 0.717) is 17.3 Å². The maximum atomic E-state index is 11.4. The monoisotopic (exact) mass is 348 g/mol. The van der Waals surface area contributed by atoms with E-state index in [-0.39, 0.29) is 5.78 Å². The van der Waals surface area contributed by atoms with Crippen molar-refractivity contribution >= 4 is 27.2 Å². The number of rotatable bonds is 3. The number of carbonyl (C=O) groups excluding carboxylic acids is 1. The van der Waals surface area contributed by atoms with Crippen LogP contribution in [-0.4, -0.2) is 15.9 Å². The molecule has 0 amide bonds. The second kappa shape index (κ2) is 5.93. The Hall–Kier alpha value is -2.79. The molecule has 4 aromatic rings. The molecule has 2 heterocycles. The smallest absolute Gasteiger partial charge is 0.268 e. The Labute approximate surface area is 149 Å². The van der Waals surface area contributed by atoms with Crippen LogP contribution in [0.25, 0.3) is 32.2 Å². The number of thiophene rings is 1. The first-order valence-electron chi connectivity index (χ1n) is 7.98. The Morgan fingerprint density at radius 1 is 1.04 bits per heavy atom. The second-order valence-electron chi connectivity index (χ2n) is 6.11. The van der Waals surface area contributed by atoms with Crippen LogP contribution in [0.2, 0.25) is 0 Å². The second-order valence-corrected chi connectivity index (χ2v) is 7.16. The summed E-state index contributed by atoms with van der Waals surface area (Å²) in [5.74, 6) is 1.08. The van der Waals surface area contributed by atoms with Crippen LogP contribution < -0.4 is 0 Å². The van der Waals surface area contributed by atoms with E-state index in [1.54, 1.807) is 30.4 Å². The molecule has 2 aromatic heterocycles. The first-order valence-corrected chi connectivity index (χ1v) is 8.80. The number of nitrogens with zero attached hydrogens (tertiary/aromatic N) is 2. The summed E-state index contributed by atoms with van der Waals surface area (Å²) in [7, 11) is 0. The van der Waals surface area contributed by atoms with E-state index in [1.807, 2.05) is 12.1 Å². The number of ketones is 1. The van der Waals surface area contributed by atoms with E-state index in [1.165, 1.54) is 21.2 Å². The summed E-state index contributed by atoms with van der Waals surface area (Å²) in [5, 5.41) is 5.32. The summed E-state index contributed by atoms with van der Waals surface area (Å²) in [6.45, 7) is 5.76. The van der Waals surface area contributed by atoms with Crippen molar-refractivity contribution in [1.29, 1.82) is 0 Å². The predicted molar refractivity (Wildman–Crippen MR) is 100 cm³/mol. The van der Waals surface area contributed by atoms with Gasteiger partial charge in [0.15, 0.2) is 5.78 Å². The van der Waals surface area contributed by atoms with Crippen molar-refractivity contribution in [3.05, 3.63) is 59.2 Å². The topological polar surface area (TPSA) is 56.0 Å². The molecule has 4 rings (SSSR count). The lowest BCUT2D eigenvalue weighted by Crippen LogP contribution is -1.91. The van der Waals surface area contributed by atoms with Gasteiger partial charge in [-0.15, -0.1) is 11.3 Å². The summed E-state index contributed by atoms with van der Waals surface area (Å²) in [4.78, 5) is 16.9. The molecule has 0 aliphatic carbocycles. The number of hydrogen-bond acceptors (Lipinski definition) is 5. The first-order chi connectivity index (χ1) is 12.0. The largest absolute Gasteiger partial charge is 0.333 e. The van der Waals surface area contributed by atoms with E-state index >= 15 is 0 Å². The number of benzene rings is 2. The van der Waals surface area contributed by atoms with Gasteiger partial charge in [-0.05, 0) is 43.4 Å². The minimum atomic E-state index is 0.0383. The van der Waals surface area contributed by atoms with Gasteiger partial charge in [0.25, 0.3) is 5.89 Å². The Kier molecular flexibility index (Phi) is 3.73. The zero-order chi connectivity index (χ0) is 17.6. The third-order valence-electron chi connectivity index (χ3n) is 4.28. The third-order valence-corrected chi connectivity index (χ3v) is 5.54. The van der Waals surface area contributed by atoms with Gasteiger partial charge in [0.05, 0.1) is 4.88 Å². The van der Waals surface area contributed by atoms with Gasteiger partial charge < -0.3 is 4.52 Å². The summed E-state index contributed by atoms with van der Waals surface area (Å²) >= 11 is 1.67. The van der Waals surface area contributed by atoms with E-state index < -0.39 is 0 Å². The summed E-state index contributed by atoms with van der Waals surface area (Å²) in [6, 6.07) is 13.6. The van der Waals surface area contributed by atoms with Gasteiger partial charge in [0, 0.05) is 15.8 Å². The molecular formula is C20H16N2O2S. The normalized spacial score (nSPS) is 11.2. The van der Waals surface area contributed by atoms with Crippen LogP contribution in [0.5, 0.6) is 0 Å². The molecule has 25 heavy (non-hydrogen) atoms. The van der Waals surface area contributed by atoms with E-state index in [2.05, 4.69) is 42.2 Å². The highest BCUT2D eigenvalue weighted by atomic mass is 32.1. The summed E-state index contributed by atoms with van der Waals surface area (Å²) in [5.41, 5.74) is 3.98. The molecule has 0 saturated heterocycles. The molecule has 0 aliphatic heterocycles. The van der Waals surface area contributed by atoms with Crippen molar-refractivity contribution in [2.45, 2.75) is 20.8 Å². The van der Waals surface area contributed by atoms with Crippen molar-refractivity contribution in [3.8, 4) is 22.2 Å². The SMILES string of the molecule is CC(=O)c1ccc(-c2noc(-c3cc4c(C)ccc(C)c4s3)n2)cc1. The van der Waals surface area contributed by atoms with Crippen molar-refractivity contribution in [1.82, 2.24) is 10.1 Å². The molecule has 0 spiro atoms. The van der Waals surface area contributed by atoms with Crippen molar-refractivity contribution in [2.75, 3.05) is 0 Å². The van der Waals surface area contributed by atoms with Crippen molar-refractivity contribution in [3.63, 3.8) is 0 Å². The van der Waals surface area contributed by atoms with Gasteiger partial charge in [-0.1, -0.05) is 41.6 Å². The average molecular weight is 348 g/mol. The lowest BCUT2D eigenvalue weighted by Gasteiger charge is -1.97. The highest BCUT2D eigenvalue weighted by Crippen LogP contribution is 2.36. The van der Waals surface area contributed by atoms with Crippen LogP contribution in [0.15, 0.2) is 47.0 Å². The van der Waals surface area contributed by atoms with Crippen molar-refractivity contribution < 1.29 is 9.32 Å². The third kappa shape index (κ3) is 2.76. The zero-order valence-electron chi connectivity index (χ0n) is 14.2. The van der Waals surface area contributed by atoms with Crippen LogP contribution in [0, 0.1) is 13.8 Å². The quantitative estimate of drug-likeness (QED) is 0.463. The van der Waals surface area contributed by atoms with Crippen LogP contribution in [0.3, 0.4) is 0 Å². The minimum absolute atomic E-state index is 0.0383. The van der Waals surface area contributed by atoms with Gasteiger partial charge in [-0.2, -0.15) is 4.98 Å². The molecule has 0 radical (unpaired) electrons. The molecule has 0 unspecified atom stereocenters. The molecule has 0 fully saturated rings.